The Hall–Kier alpha value is -3.55. The lowest BCUT2D eigenvalue weighted by molar-refractivity contribution is -0.116. The highest BCUT2D eigenvalue weighted by atomic mass is 19.2. The van der Waals surface area contributed by atoms with Crippen molar-refractivity contribution in [3.63, 3.8) is 0 Å². The molecule has 0 spiro atoms. The summed E-state index contributed by atoms with van der Waals surface area (Å²) in [6.45, 7) is 3.43. The molecule has 0 aliphatic rings. The Balaban J connectivity index is 1.84. The predicted octanol–water partition coefficient (Wildman–Crippen LogP) is 2.53. The van der Waals surface area contributed by atoms with Crippen LogP contribution in [0.3, 0.4) is 0 Å². The van der Waals surface area contributed by atoms with Crippen LogP contribution in [0.1, 0.15) is 11.1 Å². The van der Waals surface area contributed by atoms with Gasteiger partial charge in [0.1, 0.15) is 6.54 Å². The van der Waals surface area contributed by atoms with Gasteiger partial charge in [-0.05, 0) is 49.2 Å². The molecule has 0 fully saturated rings. The fourth-order valence-electron chi connectivity index (χ4n) is 2.87. The number of benzene rings is 2. The van der Waals surface area contributed by atoms with E-state index >= 15 is 0 Å². The van der Waals surface area contributed by atoms with Crippen molar-refractivity contribution in [2.75, 3.05) is 5.32 Å². The molecule has 6 nitrogen and oxygen atoms in total. The number of hydrogen-bond acceptors (Lipinski definition) is 3. The normalized spacial score (nSPS) is 10.7. The lowest BCUT2D eigenvalue weighted by Gasteiger charge is -2.10. The lowest BCUT2D eigenvalue weighted by Crippen LogP contribution is -2.41. The maximum absolute atomic E-state index is 13.4. The topological polar surface area (TPSA) is 73.1 Å². The van der Waals surface area contributed by atoms with E-state index in [1.54, 1.807) is 12.1 Å². The highest BCUT2D eigenvalue weighted by molar-refractivity contribution is 5.90. The van der Waals surface area contributed by atoms with Crippen LogP contribution in [0.25, 0.3) is 5.69 Å². The predicted molar refractivity (Wildman–Crippen MR) is 101 cm³/mol. The number of rotatable bonds is 4. The minimum Gasteiger partial charge on any atom is -0.325 e. The Bertz CT molecular complexity index is 1160. The van der Waals surface area contributed by atoms with Crippen molar-refractivity contribution in [1.82, 2.24) is 9.13 Å². The monoisotopic (exact) mass is 385 g/mol. The number of carbonyl (C=O) groups excluding carboxylic acids is 1. The van der Waals surface area contributed by atoms with Crippen LogP contribution in [-0.2, 0) is 11.3 Å². The first-order valence-corrected chi connectivity index (χ1v) is 8.40. The van der Waals surface area contributed by atoms with Crippen molar-refractivity contribution in [2.45, 2.75) is 20.4 Å². The highest BCUT2D eigenvalue weighted by Gasteiger charge is 2.12. The van der Waals surface area contributed by atoms with Crippen LogP contribution in [0.2, 0.25) is 0 Å². The maximum atomic E-state index is 13.4. The number of anilines is 1. The second-order valence-electron chi connectivity index (χ2n) is 6.43. The molecule has 144 valence electrons. The fourth-order valence-corrected chi connectivity index (χ4v) is 2.87. The molecule has 3 rings (SSSR count). The minimum absolute atomic E-state index is 0.00726. The Labute approximate surface area is 158 Å². The number of amides is 1. The average molecular weight is 385 g/mol. The van der Waals surface area contributed by atoms with Gasteiger partial charge in [0.15, 0.2) is 11.6 Å². The Kier molecular flexibility index (Phi) is 5.21. The van der Waals surface area contributed by atoms with Gasteiger partial charge in [-0.25, -0.2) is 8.78 Å². The summed E-state index contributed by atoms with van der Waals surface area (Å²) in [5, 5.41) is 2.68. The smallest absolute Gasteiger partial charge is 0.320 e. The van der Waals surface area contributed by atoms with Gasteiger partial charge in [0.25, 0.3) is 0 Å². The third-order valence-electron chi connectivity index (χ3n) is 4.06. The standard InChI is InChI=1S/C20H17F2N3O3/c1-12-7-13(2)9-14(8-12)23-18(26)11-24-5-6-25(20(28)19(24)27)15-3-4-16(21)17(22)10-15/h3-10H,11H2,1-2H3,(H,23,26). The molecule has 1 N–H and O–H groups in total. The number of halogens is 2. The van der Waals surface area contributed by atoms with Crippen LogP contribution in [-0.4, -0.2) is 15.0 Å². The first-order chi connectivity index (χ1) is 13.2. The molecule has 0 radical (unpaired) electrons. The summed E-state index contributed by atoms with van der Waals surface area (Å²) in [5.74, 6) is -2.67. The van der Waals surface area contributed by atoms with E-state index in [4.69, 9.17) is 0 Å². The van der Waals surface area contributed by atoms with Gasteiger partial charge in [0, 0.05) is 24.1 Å². The molecule has 2 aromatic carbocycles. The molecule has 0 bridgehead atoms. The van der Waals surface area contributed by atoms with Gasteiger partial charge in [-0.1, -0.05) is 6.07 Å². The summed E-state index contributed by atoms with van der Waals surface area (Å²) in [4.78, 5) is 36.8. The van der Waals surface area contributed by atoms with Crippen LogP contribution in [0, 0.1) is 25.5 Å². The van der Waals surface area contributed by atoms with Gasteiger partial charge in [-0.15, -0.1) is 0 Å². The van der Waals surface area contributed by atoms with Crippen molar-refractivity contribution in [3.05, 3.63) is 92.3 Å². The van der Waals surface area contributed by atoms with Gasteiger partial charge in [-0.3, -0.25) is 23.5 Å². The van der Waals surface area contributed by atoms with Gasteiger partial charge < -0.3 is 5.32 Å². The summed E-state index contributed by atoms with van der Waals surface area (Å²) in [7, 11) is 0. The van der Waals surface area contributed by atoms with Crippen molar-refractivity contribution < 1.29 is 13.6 Å². The third-order valence-corrected chi connectivity index (χ3v) is 4.06. The number of nitrogens with one attached hydrogen (secondary N) is 1. The number of aromatic nitrogens is 2. The molecule has 8 heteroatoms. The first kappa shape index (κ1) is 19.2. The van der Waals surface area contributed by atoms with Crippen LogP contribution < -0.4 is 16.4 Å². The second kappa shape index (κ2) is 7.59. The summed E-state index contributed by atoms with van der Waals surface area (Å²) >= 11 is 0. The molecule has 3 aromatic rings. The molecule has 0 atom stereocenters. The van der Waals surface area contributed by atoms with E-state index < -0.39 is 28.7 Å². The van der Waals surface area contributed by atoms with Crippen molar-refractivity contribution in [2.24, 2.45) is 0 Å². The van der Waals surface area contributed by atoms with Crippen molar-refractivity contribution >= 4 is 11.6 Å². The molecule has 0 saturated carbocycles. The summed E-state index contributed by atoms with van der Waals surface area (Å²) in [6, 6.07) is 8.38. The first-order valence-electron chi connectivity index (χ1n) is 8.40. The third kappa shape index (κ3) is 4.06. The van der Waals surface area contributed by atoms with Gasteiger partial charge >= 0.3 is 11.1 Å². The number of carbonyl (C=O) groups is 1. The fraction of sp³-hybridized carbons (Fsp3) is 0.150. The molecule has 0 aliphatic carbocycles. The van der Waals surface area contributed by atoms with E-state index in [0.29, 0.717) is 5.69 Å². The highest BCUT2D eigenvalue weighted by Crippen LogP contribution is 2.14. The molecule has 0 aliphatic heterocycles. The van der Waals surface area contributed by atoms with E-state index in [-0.39, 0.29) is 12.2 Å². The molecule has 28 heavy (non-hydrogen) atoms. The molecule has 0 unspecified atom stereocenters. The molecular formula is C20H17F2N3O3. The Morgan fingerprint density at radius 1 is 0.929 bits per heavy atom. The van der Waals surface area contributed by atoms with Crippen LogP contribution >= 0.6 is 0 Å². The molecule has 0 saturated heterocycles. The van der Waals surface area contributed by atoms with Crippen LogP contribution in [0.4, 0.5) is 14.5 Å². The van der Waals surface area contributed by atoms with E-state index in [2.05, 4.69) is 5.32 Å². The number of hydrogen-bond donors (Lipinski definition) is 1. The van der Waals surface area contributed by atoms with Crippen LogP contribution in [0.15, 0.2) is 58.4 Å². The van der Waals surface area contributed by atoms with Gasteiger partial charge in [0.05, 0.1) is 5.69 Å². The molecule has 1 amide bonds. The Morgan fingerprint density at radius 3 is 2.25 bits per heavy atom. The van der Waals surface area contributed by atoms with E-state index in [1.165, 1.54) is 18.5 Å². The van der Waals surface area contributed by atoms with Crippen molar-refractivity contribution in [1.29, 1.82) is 0 Å². The Morgan fingerprint density at radius 2 is 1.61 bits per heavy atom. The van der Waals surface area contributed by atoms with Crippen molar-refractivity contribution in [3.8, 4) is 5.69 Å². The zero-order valence-corrected chi connectivity index (χ0v) is 15.2. The minimum atomic E-state index is -1.14. The maximum Gasteiger partial charge on any atom is 0.320 e. The van der Waals surface area contributed by atoms with Gasteiger partial charge in [0.2, 0.25) is 5.91 Å². The van der Waals surface area contributed by atoms with Gasteiger partial charge in [-0.2, -0.15) is 0 Å². The van der Waals surface area contributed by atoms with Crippen LogP contribution in [0.5, 0.6) is 0 Å². The van der Waals surface area contributed by atoms with E-state index in [1.807, 2.05) is 19.9 Å². The number of nitrogens with zero attached hydrogens (tertiary/aromatic N) is 2. The van der Waals surface area contributed by atoms with E-state index in [9.17, 15) is 23.2 Å². The average Bonchev–Trinajstić information content (AvgIpc) is 2.61. The summed E-state index contributed by atoms with van der Waals surface area (Å²) in [5.41, 5.74) is 0.609. The SMILES string of the molecule is Cc1cc(C)cc(NC(=O)Cn2ccn(-c3ccc(F)c(F)c3)c(=O)c2=O)c1. The number of aryl methyl sites for hydroxylation is 2. The molecule has 1 aromatic heterocycles. The quantitative estimate of drug-likeness (QED) is 0.702. The lowest BCUT2D eigenvalue weighted by atomic mass is 10.1. The summed E-state index contributed by atoms with van der Waals surface area (Å²) < 4.78 is 28.3. The molecular weight excluding hydrogens is 368 g/mol. The zero-order valence-electron chi connectivity index (χ0n) is 15.2. The largest absolute Gasteiger partial charge is 0.325 e. The second-order valence-corrected chi connectivity index (χ2v) is 6.43. The zero-order chi connectivity index (χ0) is 20.4. The molecule has 1 heterocycles. The summed E-state index contributed by atoms with van der Waals surface area (Å²) in [6.07, 6.45) is 2.46. The van der Waals surface area contributed by atoms with E-state index in [0.717, 1.165) is 32.4 Å².